The molecule has 33 heavy (non-hydrogen) atoms. The van der Waals surface area contributed by atoms with E-state index < -0.39 is 0 Å². The zero-order chi connectivity index (χ0) is 23.4. The molecular formula is C23H32N8O2. The second kappa shape index (κ2) is 10.2. The highest BCUT2D eigenvalue weighted by Gasteiger charge is 2.27. The van der Waals surface area contributed by atoms with E-state index >= 15 is 0 Å². The maximum absolute atomic E-state index is 13.3. The van der Waals surface area contributed by atoms with E-state index in [1.165, 1.54) is 6.33 Å². The summed E-state index contributed by atoms with van der Waals surface area (Å²) in [6, 6.07) is -0.389. The summed E-state index contributed by atoms with van der Waals surface area (Å²) >= 11 is 0. The van der Waals surface area contributed by atoms with E-state index in [0.29, 0.717) is 42.3 Å². The Balaban J connectivity index is 1.62. The summed E-state index contributed by atoms with van der Waals surface area (Å²) in [5.41, 5.74) is 2.16. The van der Waals surface area contributed by atoms with Gasteiger partial charge in [0, 0.05) is 39.1 Å². The highest BCUT2D eigenvalue weighted by Crippen LogP contribution is 2.27. The summed E-state index contributed by atoms with van der Waals surface area (Å²) < 4.78 is 7.52. The Labute approximate surface area is 193 Å². The van der Waals surface area contributed by atoms with Crippen molar-refractivity contribution in [2.45, 2.75) is 65.1 Å². The van der Waals surface area contributed by atoms with Gasteiger partial charge in [-0.3, -0.25) is 4.79 Å². The number of nitrogens with one attached hydrogen (secondary N) is 1. The Morgan fingerprint density at radius 2 is 1.97 bits per heavy atom. The predicted molar refractivity (Wildman–Crippen MR) is 126 cm³/mol. The Morgan fingerprint density at radius 1 is 1.18 bits per heavy atom. The molecule has 2 unspecified atom stereocenters. The van der Waals surface area contributed by atoms with Crippen LogP contribution in [0.25, 0.3) is 22.6 Å². The minimum Gasteiger partial charge on any atom is -0.381 e. The number of imidazole rings is 1. The average molecular weight is 453 g/mol. The van der Waals surface area contributed by atoms with Gasteiger partial charge in [0.25, 0.3) is 0 Å². The number of hydrogen-bond acceptors (Lipinski definition) is 8. The third kappa shape index (κ3) is 4.80. The van der Waals surface area contributed by atoms with Crippen molar-refractivity contribution in [2.24, 2.45) is 0 Å². The first-order valence-corrected chi connectivity index (χ1v) is 11.6. The summed E-state index contributed by atoms with van der Waals surface area (Å²) in [5.74, 6) is 2.08. The van der Waals surface area contributed by atoms with Gasteiger partial charge in [0.15, 0.2) is 17.0 Å². The first-order chi connectivity index (χ1) is 16.0. The SMILES string of the molecule is CCC(Nc1ncnc2c1nc(-c1cnc(C)nc1)n2CC)C(=O)N1CCCC(OC)CC1. The molecule has 3 aromatic heterocycles. The van der Waals surface area contributed by atoms with Crippen LogP contribution in [0.4, 0.5) is 5.82 Å². The second-order valence-electron chi connectivity index (χ2n) is 8.31. The van der Waals surface area contributed by atoms with Crippen molar-refractivity contribution in [3.8, 4) is 11.4 Å². The van der Waals surface area contributed by atoms with Gasteiger partial charge in [0.2, 0.25) is 5.91 Å². The Hall–Kier alpha value is -3.14. The number of ether oxygens (including phenoxy) is 1. The first-order valence-electron chi connectivity index (χ1n) is 11.6. The summed E-state index contributed by atoms with van der Waals surface area (Å²) in [4.78, 5) is 37.6. The molecule has 0 radical (unpaired) electrons. The highest BCUT2D eigenvalue weighted by atomic mass is 16.5. The molecular weight excluding hydrogens is 420 g/mol. The topological polar surface area (TPSA) is 111 Å². The van der Waals surface area contributed by atoms with E-state index in [0.717, 1.165) is 37.2 Å². The van der Waals surface area contributed by atoms with Gasteiger partial charge >= 0.3 is 0 Å². The number of nitrogens with zero attached hydrogens (tertiary/aromatic N) is 7. The van der Waals surface area contributed by atoms with E-state index in [-0.39, 0.29) is 18.1 Å². The van der Waals surface area contributed by atoms with Gasteiger partial charge in [-0.25, -0.2) is 24.9 Å². The molecule has 0 aliphatic carbocycles. The monoisotopic (exact) mass is 452 g/mol. The Bertz CT molecular complexity index is 1100. The number of aryl methyl sites for hydroxylation is 2. The highest BCUT2D eigenvalue weighted by molar-refractivity contribution is 5.90. The molecule has 3 aromatic rings. The number of methoxy groups -OCH3 is 1. The van der Waals surface area contributed by atoms with Gasteiger partial charge in [-0.2, -0.15) is 0 Å². The molecule has 0 aromatic carbocycles. The zero-order valence-electron chi connectivity index (χ0n) is 19.8. The predicted octanol–water partition coefficient (Wildman–Crippen LogP) is 2.83. The lowest BCUT2D eigenvalue weighted by molar-refractivity contribution is -0.132. The number of likely N-dealkylation sites (tertiary alicyclic amines) is 1. The Morgan fingerprint density at radius 3 is 2.67 bits per heavy atom. The largest absolute Gasteiger partial charge is 0.381 e. The van der Waals surface area contributed by atoms with Crippen LogP contribution in [-0.2, 0) is 16.1 Å². The van der Waals surface area contributed by atoms with Crippen LogP contribution in [0.2, 0.25) is 0 Å². The fourth-order valence-electron chi connectivity index (χ4n) is 4.32. The molecule has 1 aliphatic rings. The molecule has 1 N–H and O–H groups in total. The van der Waals surface area contributed by atoms with Crippen LogP contribution in [0.5, 0.6) is 0 Å². The molecule has 10 nitrogen and oxygen atoms in total. The van der Waals surface area contributed by atoms with Crippen molar-refractivity contribution in [2.75, 3.05) is 25.5 Å². The van der Waals surface area contributed by atoms with Crippen LogP contribution in [0.1, 0.15) is 45.4 Å². The molecule has 1 saturated heterocycles. The molecule has 0 bridgehead atoms. The number of hydrogen-bond donors (Lipinski definition) is 1. The smallest absolute Gasteiger partial charge is 0.245 e. The lowest BCUT2D eigenvalue weighted by Gasteiger charge is -2.26. The van der Waals surface area contributed by atoms with Crippen molar-refractivity contribution in [3.63, 3.8) is 0 Å². The quantitative estimate of drug-likeness (QED) is 0.583. The maximum atomic E-state index is 13.3. The van der Waals surface area contributed by atoms with Gasteiger partial charge in [0.1, 0.15) is 24.0 Å². The standard InChI is InChI=1S/C23H32N8O2/c1-5-18(23(32)30-10-7-8-17(33-4)9-11-30)28-20-19-22(27-14-26-20)31(6-2)21(29-19)16-12-24-15(3)25-13-16/h12-14,17-18H,5-11H2,1-4H3,(H,26,27,28). The first kappa shape index (κ1) is 23.0. The van der Waals surface area contributed by atoms with Crippen molar-refractivity contribution < 1.29 is 9.53 Å². The van der Waals surface area contributed by atoms with Crippen LogP contribution >= 0.6 is 0 Å². The van der Waals surface area contributed by atoms with E-state index in [9.17, 15) is 4.79 Å². The minimum absolute atomic E-state index is 0.0862. The molecule has 0 saturated carbocycles. The molecule has 1 amide bonds. The van der Waals surface area contributed by atoms with Gasteiger partial charge in [-0.1, -0.05) is 6.92 Å². The molecule has 2 atom stereocenters. The molecule has 176 valence electrons. The third-order valence-corrected chi connectivity index (χ3v) is 6.22. The fraction of sp³-hybridized carbons (Fsp3) is 0.565. The minimum atomic E-state index is -0.389. The normalized spacial score (nSPS) is 17.7. The lowest BCUT2D eigenvalue weighted by Crippen LogP contribution is -2.43. The zero-order valence-corrected chi connectivity index (χ0v) is 19.8. The second-order valence-corrected chi connectivity index (χ2v) is 8.31. The summed E-state index contributed by atoms with van der Waals surface area (Å²) in [5, 5.41) is 3.36. The molecule has 0 spiro atoms. The Kier molecular flexibility index (Phi) is 7.12. The maximum Gasteiger partial charge on any atom is 0.245 e. The number of carbonyl (C=O) groups is 1. The molecule has 1 aliphatic heterocycles. The number of amides is 1. The number of anilines is 1. The van der Waals surface area contributed by atoms with Gasteiger partial charge in [-0.05, 0) is 39.5 Å². The van der Waals surface area contributed by atoms with Crippen LogP contribution in [0.3, 0.4) is 0 Å². The van der Waals surface area contributed by atoms with E-state index in [1.54, 1.807) is 19.5 Å². The van der Waals surface area contributed by atoms with Gasteiger partial charge < -0.3 is 19.5 Å². The number of carbonyl (C=O) groups excluding carboxylic acids is 1. The van der Waals surface area contributed by atoms with Crippen LogP contribution < -0.4 is 5.32 Å². The molecule has 4 heterocycles. The molecule has 1 fully saturated rings. The van der Waals surface area contributed by atoms with E-state index in [2.05, 4.69) is 25.3 Å². The van der Waals surface area contributed by atoms with Crippen LogP contribution in [0.15, 0.2) is 18.7 Å². The van der Waals surface area contributed by atoms with E-state index in [4.69, 9.17) is 9.72 Å². The number of aromatic nitrogens is 6. The van der Waals surface area contributed by atoms with E-state index in [1.807, 2.05) is 30.2 Å². The van der Waals surface area contributed by atoms with Crippen molar-refractivity contribution in [3.05, 3.63) is 24.5 Å². The van der Waals surface area contributed by atoms with Gasteiger partial charge in [-0.15, -0.1) is 0 Å². The van der Waals surface area contributed by atoms with Crippen LogP contribution in [-0.4, -0.2) is 72.6 Å². The fourth-order valence-corrected chi connectivity index (χ4v) is 4.32. The van der Waals surface area contributed by atoms with Crippen molar-refractivity contribution in [1.29, 1.82) is 0 Å². The molecule has 4 rings (SSSR count). The number of rotatable bonds is 7. The summed E-state index contributed by atoms with van der Waals surface area (Å²) in [6.07, 6.45) is 8.70. The van der Waals surface area contributed by atoms with Crippen molar-refractivity contribution in [1.82, 2.24) is 34.4 Å². The lowest BCUT2D eigenvalue weighted by atomic mass is 10.2. The van der Waals surface area contributed by atoms with Crippen molar-refractivity contribution >= 4 is 22.9 Å². The van der Waals surface area contributed by atoms with Crippen LogP contribution in [0, 0.1) is 6.92 Å². The summed E-state index contributed by atoms with van der Waals surface area (Å²) in [7, 11) is 1.74. The summed E-state index contributed by atoms with van der Waals surface area (Å²) in [6.45, 7) is 8.03. The number of fused-ring (bicyclic) bond motifs is 1. The average Bonchev–Trinajstić information content (AvgIpc) is 3.05. The molecule has 10 heteroatoms. The van der Waals surface area contributed by atoms with Gasteiger partial charge in [0.05, 0.1) is 11.7 Å². The third-order valence-electron chi connectivity index (χ3n) is 6.22.